The Hall–Kier alpha value is -2.53. The maximum absolute atomic E-state index is 13.1. The summed E-state index contributed by atoms with van der Waals surface area (Å²) < 4.78 is 58.8. The van der Waals surface area contributed by atoms with Crippen molar-refractivity contribution >= 4 is 15.9 Å². The average Bonchev–Trinajstić information content (AvgIpc) is 3.14. The minimum Gasteiger partial charge on any atom is -0.497 e. The zero-order chi connectivity index (χ0) is 22.8. The number of piperidine rings is 1. The van der Waals surface area contributed by atoms with Crippen molar-refractivity contribution in [1.82, 2.24) is 19.4 Å². The van der Waals surface area contributed by atoms with E-state index in [0.29, 0.717) is 29.8 Å². The third-order valence-electron chi connectivity index (χ3n) is 5.62. The average molecular weight is 457 g/mol. The number of alkyl halides is 2. The molecule has 0 unspecified atom stereocenters. The number of nitrogens with one attached hydrogen (secondary N) is 1. The summed E-state index contributed by atoms with van der Waals surface area (Å²) in [7, 11) is -2.49. The van der Waals surface area contributed by atoms with Crippen LogP contribution >= 0.6 is 0 Å². The summed E-state index contributed by atoms with van der Waals surface area (Å²) in [6.07, 6.45) is 1.93. The fourth-order valence-corrected chi connectivity index (χ4v) is 5.47. The van der Waals surface area contributed by atoms with Crippen LogP contribution in [0.2, 0.25) is 0 Å². The fourth-order valence-electron chi connectivity index (χ4n) is 3.72. The van der Waals surface area contributed by atoms with Gasteiger partial charge in [0.25, 0.3) is 0 Å². The summed E-state index contributed by atoms with van der Waals surface area (Å²) in [5.41, 5.74) is -0.191. The fraction of sp³-hybridized carbons (Fsp3) is 0.500. The van der Waals surface area contributed by atoms with Gasteiger partial charge < -0.3 is 10.1 Å². The van der Waals surface area contributed by atoms with Crippen LogP contribution in [-0.4, -0.2) is 48.6 Å². The zero-order valence-electron chi connectivity index (χ0n) is 17.6. The molecule has 170 valence electrons. The number of rotatable bonds is 7. The lowest BCUT2D eigenvalue weighted by molar-refractivity contribution is -0.132. The first-order valence-electron chi connectivity index (χ1n) is 9.82. The first kappa shape index (κ1) is 23.1. The number of hydrogen-bond donors (Lipinski definition) is 1. The van der Waals surface area contributed by atoms with Gasteiger partial charge in [0.15, 0.2) is 0 Å². The lowest BCUT2D eigenvalue weighted by atomic mass is 9.82. The molecule has 3 rings (SSSR count). The highest BCUT2D eigenvalue weighted by atomic mass is 32.2. The predicted octanol–water partition coefficient (Wildman–Crippen LogP) is 2.70. The van der Waals surface area contributed by atoms with Gasteiger partial charge in [0.1, 0.15) is 10.6 Å². The number of carbonyl (C=O) groups is 1. The van der Waals surface area contributed by atoms with E-state index in [1.165, 1.54) is 11.2 Å². The van der Waals surface area contributed by atoms with E-state index in [0.717, 1.165) is 11.8 Å². The van der Waals surface area contributed by atoms with Crippen molar-refractivity contribution in [3.05, 3.63) is 41.7 Å². The highest BCUT2D eigenvalue weighted by molar-refractivity contribution is 7.89. The van der Waals surface area contributed by atoms with Crippen molar-refractivity contribution in [2.75, 3.05) is 20.2 Å². The first-order chi connectivity index (χ1) is 14.6. The minimum absolute atomic E-state index is 0.0386. The molecule has 2 aromatic rings. The summed E-state index contributed by atoms with van der Waals surface area (Å²) in [5, 5.41) is 6.37. The van der Waals surface area contributed by atoms with Gasteiger partial charge in [-0.2, -0.15) is 18.2 Å². The van der Waals surface area contributed by atoms with Crippen molar-refractivity contribution in [2.24, 2.45) is 5.41 Å². The Morgan fingerprint density at radius 2 is 2.00 bits per heavy atom. The molecule has 11 heteroatoms. The molecule has 1 saturated heterocycles. The number of aromatic nitrogens is 2. The van der Waals surface area contributed by atoms with Gasteiger partial charge in [-0.15, -0.1) is 0 Å². The van der Waals surface area contributed by atoms with Crippen LogP contribution in [0, 0.1) is 12.3 Å². The molecule has 0 bridgehead atoms. The van der Waals surface area contributed by atoms with Crippen LogP contribution in [0.3, 0.4) is 0 Å². The van der Waals surface area contributed by atoms with Crippen molar-refractivity contribution in [3.63, 3.8) is 0 Å². The van der Waals surface area contributed by atoms with Crippen LogP contribution in [0.5, 0.6) is 5.75 Å². The Labute approximate surface area is 180 Å². The molecule has 0 spiro atoms. The van der Waals surface area contributed by atoms with E-state index in [2.05, 4.69) is 10.4 Å². The largest absolute Gasteiger partial charge is 0.497 e. The first-order valence-corrected chi connectivity index (χ1v) is 11.3. The van der Waals surface area contributed by atoms with E-state index in [9.17, 15) is 22.0 Å². The van der Waals surface area contributed by atoms with Crippen LogP contribution in [0.4, 0.5) is 8.78 Å². The summed E-state index contributed by atoms with van der Waals surface area (Å²) >= 11 is 0. The molecule has 1 aliphatic rings. The Morgan fingerprint density at radius 1 is 1.32 bits per heavy atom. The lowest BCUT2D eigenvalue weighted by Gasteiger charge is -2.38. The van der Waals surface area contributed by atoms with Crippen molar-refractivity contribution in [3.8, 4) is 5.75 Å². The number of sulfonamides is 1. The van der Waals surface area contributed by atoms with Crippen LogP contribution in [0.15, 0.2) is 35.4 Å². The van der Waals surface area contributed by atoms with Crippen molar-refractivity contribution in [1.29, 1.82) is 0 Å². The maximum atomic E-state index is 13.1. The van der Waals surface area contributed by atoms with E-state index >= 15 is 0 Å². The molecule has 1 aromatic heterocycles. The number of methoxy groups -OCH3 is 1. The molecule has 31 heavy (non-hydrogen) atoms. The van der Waals surface area contributed by atoms with Gasteiger partial charge in [-0.25, -0.2) is 13.1 Å². The molecule has 1 amide bonds. The van der Waals surface area contributed by atoms with Crippen LogP contribution in [0.1, 0.15) is 37.6 Å². The van der Waals surface area contributed by atoms with Gasteiger partial charge in [0.2, 0.25) is 15.9 Å². The second-order valence-corrected chi connectivity index (χ2v) is 9.76. The van der Waals surface area contributed by atoms with Gasteiger partial charge in [-0.05, 0) is 44.4 Å². The lowest BCUT2D eigenvalue weighted by Crippen LogP contribution is -2.51. The van der Waals surface area contributed by atoms with E-state index in [1.54, 1.807) is 26.2 Å². The quantitative estimate of drug-likeness (QED) is 0.692. The third kappa shape index (κ3) is 4.72. The minimum atomic E-state index is -4.06. The summed E-state index contributed by atoms with van der Waals surface area (Å²) in [4.78, 5) is 12.6. The standard InChI is InChI=1S/C20H26F2N4O4S/c1-14-17(12-24-26(14)19(21)22)31(28,29)25-10-4-9-20(2,13-25)18(27)23-11-15-5-7-16(30-3)8-6-15/h5-8,12,19H,4,9-11,13H2,1-3H3,(H,23,27)/t20-/m0/s1. The molecule has 1 N–H and O–H groups in total. The predicted molar refractivity (Wildman–Crippen MR) is 109 cm³/mol. The second kappa shape index (κ2) is 8.91. The summed E-state index contributed by atoms with van der Waals surface area (Å²) in [6, 6.07) is 7.26. The molecular weight excluding hydrogens is 430 g/mol. The molecule has 1 atom stereocenters. The molecule has 1 aliphatic heterocycles. The van der Waals surface area contributed by atoms with Crippen molar-refractivity contribution in [2.45, 2.75) is 44.7 Å². The number of carbonyl (C=O) groups excluding carboxylic acids is 1. The summed E-state index contributed by atoms with van der Waals surface area (Å²) in [6.45, 7) is 0.543. The van der Waals surface area contributed by atoms with Gasteiger partial charge in [-0.1, -0.05) is 12.1 Å². The number of amides is 1. The molecule has 0 aliphatic carbocycles. The molecule has 1 fully saturated rings. The molecule has 0 saturated carbocycles. The Bertz CT molecular complexity index is 1040. The van der Waals surface area contributed by atoms with Gasteiger partial charge in [0, 0.05) is 19.6 Å². The van der Waals surface area contributed by atoms with E-state index in [-0.39, 0.29) is 29.6 Å². The third-order valence-corrected chi connectivity index (χ3v) is 7.57. The smallest absolute Gasteiger partial charge is 0.333 e. The number of ether oxygens (including phenoxy) is 1. The number of halogens is 2. The molecule has 2 heterocycles. The van der Waals surface area contributed by atoms with Crippen LogP contribution in [-0.2, 0) is 21.4 Å². The van der Waals surface area contributed by atoms with E-state index < -0.39 is 22.0 Å². The Morgan fingerprint density at radius 3 is 2.58 bits per heavy atom. The molecule has 8 nitrogen and oxygen atoms in total. The number of nitrogens with zero attached hydrogens (tertiary/aromatic N) is 3. The Kier molecular flexibility index (Phi) is 6.65. The van der Waals surface area contributed by atoms with Crippen LogP contribution in [0.25, 0.3) is 0 Å². The SMILES string of the molecule is COc1ccc(CNC(=O)[C@@]2(C)CCCN(S(=O)(=O)c3cnn(C(F)F)c3C)C2)cc1. The van der Waals surface area contributed by atoms with Crippen molar-refractivity contribution < 1.29 is 26.7 Å². The molecular formula is C20H26F2N4O4S. The highest BCUT2D eigenvalue weighted by Gasteiger charge is 2.42. The molecule has 0 radical (unpaired) electrons. The monoisotopic (exact) mass is 456 g/mol. The summed E-state index contributed by atoms with van der Waals surface area (Å²) in [5.74, 6) is 0.448. The normalized spacial score (nSPS) is 20.1. The van der Waals surface area contributed by atoms with Crippen LogP contribution < -0.4 is 10.1 Å². The van der Waals surface area contributed by atoms with E-state index in [1.807, 2.05) is 12.1 Å². The topological polar surface area (TPSA) is 93.5 Å². The Balaban J connectivity index is 1.72. The maximum Gasteiger partial charge on any atom is 0.333 e. The molecule has 1 aromatic carbocycles. The number of benzene rings is 1. The van der Waals surface area contributed by atoms with E-state index in [4.69, 9.17) is 4.74 Å². The van der Waals surface area contributed by atoms with Gasteiger partial charge in [-0.3, -0.25) is 4.79 Å². The van der Waals surface area contributed by atoms with Gasteiger partial charge in [0.05, 0.1) is 24.4 Å². The zero-order valence-corrected chi connectivity index (χ0v) is 18.5. The number of hydrogen-bond acceptors (Lipinski definition) is 5. The second-order valence-electron chi connectivity index (χ2n) is 7.85. The van der Waals surface area contributed by atoms with Gasteiger partial charge >= 0.3 is 6.55 Å². The highest BCUT2D eigenvalue weighted by Crippen LogP contribution is 2.34.